The van der Waals surface area contributed by atoms with Crippen molar-refractivity contribution in [3.8, 4) is 22.3 Å². The molecule has 0 heterocycles. The molecular formula is C64H66F4N2Ti. The van der Waals surface area contributed by atoms with Crippen LogP contribution in [0.4, 0.5) is 40.3 Å². The molecule has 2 aliphatic carbocycles. The summed E-state index contributed by atoms with van der Waals surface area (Å²) in [6.07, 6.45) is 5.54. The quantitative estimate of drug-likeness (QED) is 0.0684. The Morgan fingerprint density at radius 1 is 0.465 bits per heavy atom. The molecule has 8 aromatic carbocycles. The fourth-order valence-corrected chi connectivity index (χ4v) is 9.55. The normalized spacial score (nSPS) is 11.8. The third-order valence-electron chi connectivity index (χ3n) is 13.9. The van der Waals surface area contributed by atoms with Gasteiger partial charge in [-0.25, -0.2) is 41.8 Å². The molecule has 7 heteroatoms. The van der Waals surface area contributed by atoms with E-state index in [0.717, 1.165) is 49.9 Å². The summed E-state index contributed by atoms with van der Waals surface area (Å²) in [6.45, 7) is 18.7. The molecular weight excluding hydrogens is 921 g/mol. The van der Waals surface area contributed by atoms with Gasteiger partial charge in [0.2, 0.25) is 0 Å². The summed E-state index contributed by atoms with van der Waals surface area (Å²) in [6, 6.07) is 55.8. The molecule has 8 aromatic rings. The van der Waals surface area contributed by atoms with E-state index in [9.17, 15) is 17.6 Å². The van der Waals surface area contributed by atoms with Gasteiger partial charge in [0.05, 0.1) is 0 Å². The fraction of sp³-hybridized carbons (Fsp3) is 0.281. The van der Waals surface area contributed by atoms with Crippen molar-refractivity contribution in [2.24, 2.45) is 10.8 Å². The monoisotopic (exact) mass is 986 g/mol. The third-order valence-corrected chi connectivity index (χ3v) is 13.9. The Morgan fingerprint density at radius 2 is 0.831 bits per heavy atom. The maximum absolute atomic E-state index is 14.8. The molecule has 2 nitrogen and oxygen atoms in total. The molecule has 0 aromatic heterocycles. The Labute approximate surface area is 436 Å². The Bertz CT molecular complexity index is 2720. The molecule has 0 atom stereocenters. The molecule has 0 fully saturated rings. The minimum atomic E-state index is -0.676. The van der Waals surface area contributed by atoms with E-state index in [0.29, 0.717) is 24.5 Å². The van der Waals surface area contributed by atoms with Crippen molar-refractivity contribution in [3.63, 3.8) is 0 Å². The van der Waals surface area contributed by atoms with Crippen molar-refractivity contribution in [1.82, 2.24) is 0 Å². The molecule has 0 N–H and O–H groups in total. The first-order chi connectivity index (χ1) is 33.7. The number of hydrogen-bond donors (Lipinski definition) is 0. The van der Waals surface area contributed by atoms with Gasteiger partial charge in [0.25, 0.3) is 0 Å². The molecule has 364 valence electrons. The van der Waals surface area contributed by atoms with Crippen LogP contribution in [0.5, 0.6) is 0 Å². The van der Waals surface area contributed by atoms with Gasteiger partial charge in [-0.05, 0) is 105 Å². The molecule has 0 aliphatic heterocycles. The van der Waals surface area contributed by atoms with Gasteiger partial charge in [-0.2, -0.15) is 36.4 Å². The van der Waals surface area contributed by atoms with Crippen LogP contribution in [0.1, 0.15) is 102 Å². The van der Waals surface area contributed by atoms with Crippen molar-refractivity contribution in [2.75, 3.05) is 22.9 Å². The van der Waals surface area contributed by atoms with Gasteiger partial charge in [0.15, 0.2) is 0 Å². The topological polar surface area (TPSA) is 6.48 Å². The molecule has 0 spiro atoms. The predicted molar refractivity (Wildman–Crippen MR) is 285 cm³/mol. The Balaban J connectivity index is 0.000000191. The first-order valence-electron chi connectivity index (χ1n) is 24.8. The third kappa shape index (κ3) is 12.9. The summed E-state index contributed by atoms with van der Waals surface area (Å²) >= 11 is 0. The fourth-order valence-electron chi connectivity index (χ4n) is 9.55. The summed E-state index contributed by atoms with van der Waals surface area (Å²) in [5, 5.41) is 0. The number of nitrogens with zero attached hydrogens (tertiary/aromatic N) is 2. The van der Waals surface area contributed by atoms with E-state index in [1.165, 1.54) is 79.9 Å². The second-order valence-electron chi connectivity index (χ2n) is 19.7. The van der Waals surface area contributed by atoms with Crippen LogP contribution in [0.15, 0.2) is 158 Å². The first kappa shape index (κ1) is 54.4. The van der Waals surface area contributed by atoms with E-state index in [1.54, 1.807) is 0 Å². The van der Waals surface area contributed by atoms with Crippen LogP contribution in [0.25, 0.3) is 22.3 Å². The van der Waals surface area contributed by atoms with E-state index < -0.39 is 23.3 Å². The summed E-state index contributed by atoms with van der Waals surface area (Å²) < 4.78 is 56.7. The van der Waals surface area contributed by atoms with Gasteiger partial charge in [-0.15, -0.1) is 36.4 Å². The van der Waals surface area contributed by atoms with Gasteiger partial charge in [-0.1, -0.05) is 127 Å². The minimum absolute atomic E-state index is 0. The van der Waals surface area contributed by atoms with Gasteiger partial charge < -0.3 is 9.80 Å². The smallest absolute Gasteiger partial charge is 0.392 e. The molecule has 0 unspecified atom stereocenters. The van der Waals surface area contributed by atoms with E-state index in [4.69, 9.17) is 0 Å². The zero-order valence-corrected chi connectivity index (χ0v) is 44.1. The zero-order chi connectivity index (χ0) is 50.0. The molecule has 0 amide bonds. The standard InChI is InChI=1S/2C27H28F2N.2C5H5.Ti/c2*1-5-27(3,4)17-19-11-13-22-21-10-8-7-9-18(21)15-23(22)26(19)30(6-2)25-14-12-20(28)16-24(25)29;2*1-2-4-5-3-1;/h2*7-14H,5-6,15,17H2,1-4H3;2*1-5H;/q4*-1;+4. The number of benzene rings is 6. The number of rotatable bonds is 12. The van der Waals surface area contributed by atoms with Crippen LogP contribution < -0.4 is 9.80 Å². The van der Waals surface area contributed by atoms with Gasteiger partial charge in [0.1, 0.15) is 0 Å². The van der Waals surface area contributed by atoms with Gasteiger partial charge in [-0.3, -0.25) is 0 Å². The molecule has 0 saturated heterocycles. The Morgan fingerprint density at radius 3 is 1.14 bits per heavy atom. The van der Waals surface area contributed by atoms with Crippen molar-refractivity contribution in [1.29, 1.82) is 0 Å². The molecule has 71 heavy (non-hydrogen) atoms. The maximum atomic E-state index is 14.8. The summed E-state index contributed by atoms with van der Waals surface area (Å²) in [7, 11) is 0. The van der Waals surface area contributed by atoms with Crippen LogP contribution in [0.2, 0.25) is 0 Å². The van der Waals surface area contributed by atoms with Crippen LogP contribution in [0, 0.1) is 46.2 Å². The van der Waals surface area contributed by atoms with Crippen molar-refractivity contribution in [3.05, 3.63) is 227 Å². The van der Waals surface area contributed by atoms with Gasteiger partial charge in [0, 0.05) is 60.6 Å². The van der Waals surface area contributed by atoms with E-state index in [-0.39, 0.29) is 32.5 Å². The van der Waals surface area contributed by atoms with Crippen molar-refractivity contribution < 1.29 is 39.3 Å². The molecule has 2 aliphatic rings. The number of fused-ring (bicyclic) bond motifs is 6. The number of hydrogen-bond acceptors (Lipinski definition) is 2. The molecule has 10 rings (SSSR count). The molecule has 0 radical (unpaired) electrons. The SMILES string of the molecule is CCN(c1ccc(F)[c-]c1F)c1c(CC(C)(C)CC)ccc2c1Cc1ccccc1-2.CCN(c1ccc(F)[c-]c1F)c1c(CC(C)(C)CC)ccc2c1Cc1ccccc1-2.[Ti+4].c1cc[cH-]c1.c1cc[cH-]c1. The van der Waals surface area contributed by atoms with E-state index >= 15 is 0 Å². The van der Waals surface area contributed by atoms with Crippen molar-refractivity contribution in [2.45, 2.75) is 93.9 Å². The summed E-state index contributed by atoms with van der Waals surface area (Å²) in [4.78, 5) is 3.99. The predicted octanol–water partition coefficient (Wildman–Crippen LogP) is 17.8. The summed E-state index contributed by atoms with van der Waals surface area (Å²) in [5.74, 6) is -2.65. The van der Waals surface area contributed by atoms with E-state index in [2.05, 4.69) is 126 Å². The first-order valence-corrected chi connectivity index (χ1v) is 24.8. The van der Waals surface area contributed by atoms with Crippen LogP contribution in [-0.4, -0.2) is 13.1 Å². The Kier molecular flexibility index (Phi) is 18.7. The summed E-state index contributed by atoms with van der Waals surface area (Å²) in [5.41, 5.74) is 15.5. The number of halogens is 4. The minimum Gasteiger partial charge on any atom is -0.392 e. The van der Waals surface area contributed by atoms with Crippen LogP contribution in [0.3, 0.4) is 0 Å². The Hall–Kier alpha value is -5.95. The molecule has 0 bridgehead atoms. The van der Waals surface area contributed by atoms with E-state index in [1.807, 2.05) is 84.3 Å². The molecule has 0 saturated carbocycles. The van der Waals surface area contributed by atoms with Crippen LogP contribution in [-0.2, 0) is 47.4 Å². The largest absolute Gasteiger partial charge is 4.00 e. The maximum Gasteiger partial charge on any atom is 4.00 e. The second-order valence-corrected chi connectivity index (χ2v) is 19.7. The zero-order valence-electron chi connectivity index (χ0n) is 42.6. The van der Waals surface area contributed by atoms with Crippen LogP contribution >= 0.6 is 0 Å². The average molecular weight is 987 g/mol. The van der Waals surface area contributed by atoms with Gasteiger partial charge >= 0.3 is 21.7 Å². The second kappa shape index (κ2) is 24.5. The number of anilines is 4. The van der Waals surface area contributed by atoms with Crippen molar-refractivity contribution >= 4 is 22.7 Å². The average Bonchev–Trinajstić information content (AvgIpc) is 4.21.